The normalized spacial score (nSPS) is 11.7. The highest BCUT2D eigenvalue weighted by Gasteiger charge is 2.30. The quantitative estimate of drug-likeness (QED) is 0.197. The number of benzene rings is 4. The predicted octanol–water partition coefficient (Wildman–Crippen LogP) is 8.29. The van der Waals surface area contributed by atoms with Crippen LogP contribution in [0, 0.1) is 11.3 Å². The molecule has 186 valence electrons. The maximum Gasteiger partial charge on any atom is 0.416 e. The van der Waals surface area contributed by atoms with Crippen molar-refractivity contribution in [3.63, 3.8) is 0 Å². The molecular formula is C28H17Cl2F3N2O2. The molecule has 0 saturated carbocycles. The monoisotopic (exact) mass is 540 g/mol. The van der Waals surface area contributed by atoms with Gasteiger partial charge < -0.3 is 10.1 Å². The van der Waals surface area contributed by atoms with Crippen LogP contribution in [0.4, 0.5) is 18.9 Å². The molecule has 4 aromatic rings. The van der Waals surface area contributed by atoms with Crippen LogP contribution in [-0.4, -0.2) is 5.91 Å². The summed E-state index contributed by atoms with van der Waals surface area (Å²) in [6.45, 7) is 0.141. The molecule has 0 unspecified atom stereocenters. The molecule has 0 saturated heterocycles. The van der Waals surface area contributed by atoms with Gasteiger partial charge in [0.1, 0.15) is 24.0 Å². The third kappa shape index (κ3) is 6.23. The highest BCUT2D eigenvalue weighted by Crippen LogP contribution is 2.35. The third-order valence-electron chi connectivity index (χ3n) is 5.40. The number of nitrogens with zero attached hydrogens (tertiary/aromatic N) is 1. The van der Waals surface area contributed by atoms with E-state index in [1.807, 2.05) is 42.5 Å². The number of fused-ring (bicyclic) bond motifs is 1. The number of nitriles is 1. The van der Waals surface area contributed by atoms with Crippen molar-refractivity contribution in [2.75, 3.05) is 5.32 Å². The lowest BCUT2D eigenvalue weighted by atomic mass is 10.1. The lowest BCUT2D eigenvalue weighted by molar-refractivity contribution is -0.137. The van der Waals surface area contributed by atoms with Gasteiger partial charge in [-0.3, -0.25) is 4.79 Å². The summed E-state index contributed by atoms with van der Waals surface area (Å²) in [7, 11) is 0. The Labute approximate surface area is 220 Å². The van der Waals surface area contributed by atoms with Gasteiger partial charge in [0, 0.05) is 16.3 Å². The second-order valence-corrected chi connectivity index (χ2v) is 8.78. The zero-order valence-electron chi connectivity index (χ0n) is 18.9. The average molecular weight is 541 g/mol. The fourth-order valence-electron chi connectivity index (χ4n) is 3.68. The first kappa shape index (κ1) is 26.1. The summed E-state index contributed by atoms with van der Waals surface area (Å²) >= 11 is 12.5. The van der Waals surface area contributed by atoms with E-state index in [2.05, 4.69) is 5.32 Å². The number of nitrogens with one attached hydrogen (secondary N) is 1. The van der Waals surface area contributed by atoms with Gasteiger partial charge in [-0.2, -0.15) is 18.4 Å². The van der Waals surface area contributed by atoms with Crippen molar-refractivity contribution >= 4 is 51.6 Å². The van der Waals surface area contributed by atoms with Crippen LogP contribution in [0.25, 0.3) is 16.8 Å². The molecule has 4 aromatic carbocycles. The molecular weight excluding hydrogens is 524 g/mol. The summed E-state index contributed by atoms with van der Waals surface area (Å²) < 4.78 is 45.0. The van der Waals surface area contributed by atoms with E-state index in [-0.39, 0.29) is 39.2 Å². The summed E-state index contributed by atoms with van der Waals surface area (Å²) in [6, 6.07) is 22.4. The number of halogens is 5. The van der Waals surface area contributed by atoms with E-state index in [0.29, 0.717) is 0 Å². The standard InChI is InChI=1S/C28H17Cl2F3N2O2/c29-22-12-19(11-20(15-34)27(36)35-23-9-4-8-21(13-23)28(31,32)33)26(25(30)14-22)37-16-18-7-3-6-17-5-1-2-10-24(17)18/h1-14H,16H2,(H,35,36)/b20-11+. The highest BCUT2D eigenvalue weighted by atomic mass is 35.5. The van der Waals surface area contributed by atoms with Gasteiger partial charge in [-0.25, -0.2) is 0 Å². The van der Waals surface area contributed by atoms with Crippen LogP contribution in [0.1, 0.15) is 16.7 Å². The van der Waals surface area contributed by atoms with Crippen LogP contribution in [0.15, 0.2) is 84.4 Å². The number of amides is 1. The molecule has 4 nitrogen and oxygen atoms in total. The van der Waals surface area contributed by atoms with E-state index in [1.54, 1.807) is 6.07 Å². The molecule has 0 heterocycles. The van der Waals surface area contributed by atoms with Crippen molar-refractivity contribution in [3.05, 3.63) is 111 Å². The topological polar surface area (TPSA) is 62.1 Å². The molecule has 0 aliphatic heterocycles. The summed E-state index contributed by atoms with van der Waals surface area (Å²) in [5.41, 5.74) is -0.280. The Morgan fingerprint density at radius 2 is 1.73 bits per heavy atom. The van der Waals surface area contributed by atoms with Gasteiger partial charge in [-0.15, -0.1) is 0 Å². The third-order valence-corrected chi connectivity index (χ3v) is 5.90. The van der Waals surface area contributed by atoms with Crippen LogP contribution < -0.4 is 10.1 Å². The average Bonchev–Trinajstić information content (AvgIpc) is 2.86. The Kier molecular flexibility index (Phi) is 7.72. The Morgan fingerprint density at radius 3 is 2.49 bits per heavy atom. The Balaban J connectivity index is 1.63. The van der Waals surface area contributed by atoms with Crippen LogP contribution in [0.3, 0.4) is 0 Å². The molecule has 0 aliphatic carbocycles. The van der Waals surface area contributed by atoms with Gasteiger partial charge in [0.05, 0.1) is 10.6 Å². The second kappa shape index (κ2) is 11.0. The largest absolute Gasteiger partial charge is 0.487 e. The SMILES string of the molecule is N#C/C(=C\c1cc(Cl)cc(Cl)c1OCc1cccc2ccccc12)C(=O)Nc1cccc(C(F)(F)F)c1. The number of hydrogen-bond acceptors (Lipinski definition) is 3. The summed E-state index contributed by atoms with van der Waals surface area (Å²) in [5, 5.41) is 14.3. The molecule has 0 fully saturated rings. The number of hydrogen-bond donors (Lipinski definition) is 1. The molecule has 0 atom stereocenters. The number of carbonyl (C=O) groups excluding carboxylic acids is 1. The fraction of sp³-hybridized carbons (Fsp3) is 0.0714. The molecule has 0 aromatic heterocycles. The van der Waals surface area contributed by atoms with Crippen LogP contribution in [-0.2, 0) is 17.6 Å². The van der Waals surface area contributed by atoms with Gasteiger partial charge in [-0.05, 0) is 52.7 Å². The lowest BCUT2D eigenvalue weighted by Crippen LogP contribution is -2.14. The molecule has 0 bridgehead atoms. The van der Waals surface area contributed by atoms with Crippen LogP contribution in [0.2, 0.25) is 10.0 Å². The molecule has 1 amide bonds. The Bertz CT molecular complexity index is 1550. The second-order valence-electron chi connectivity index (χ2n) is 7.94. The van der Waals surface area contributed by atoms with Crippen molar-refractivity contribution in [2.24, 2.45) is 0 Å². The number of anilines is 1. The molecule has 0 radical (unpaired) electrons. The maximum absolute atomic E-state index is 13.0. The number of alkyl halides is 3. The Hall–Kier alpha value is -3.99. The number of ether oxygens (including phenoxy) is 1. The molecule has 0 spiro atoms. The highest BCUT2D eigenvalue weighted by molar-refractivity contribution is 6.36. The van der Waals surface area contributed by atoms with Gasteiger partial charge in [0.15, 0.2) is 0 Å². The van der Waals surface area contributed by atoms with Crippen molar-refractivity contribution < 1.29 is 22.7 Å². The summed E-state index contributed by atoms with van der Waals surface area (Å²) in [4.78, 5) is 12.7. The number of rotatable bonds is 6. The molecule has 4 rings (SSSR count). The maximum atomic E-state index is 13.0. The van der Waals surface area contributed by atoms with E-state index in [1.165, 1.54) is 24.3 Å². The van der Waals surface area contributed by atoms with E-state index in [0.717, 1.165) is 34.5 Å². The number of carbonyl (C=O) groups is 1. The smallest absolute Gasteiger partial charge is 0.416 e. The summed E-state index contributed by atoms with van der Waals surface area (Å²) in [6.07, 6.45) is -3.36. The van der Waals surface area contributed by atoms with Crippen molar-refractivity contribution in [2.45, 2.75) is 12.8 Å². The van der Waals surface area contributed by atoms with E-state index >= 15 is 0 Å². The summed E-state index contributed by atoms with van der Waals surface area (Å²) in [5.74, 6) is -0.712. The van der Waals surface area contributed by atoms with Crippen molar-refractivity contribution in [1.82, 2.24) is 0 Å². The van der Waals surface area contributed by atoms with Gasteiger partial charge in [0.25, 0.3) is 5.91 Å². The minimum atomic E-state index is -4.58. The molecule has 9 heteroatoms. The van der Waals surface area contributed by atoms with Crippen LogP contribution >= 0.6 is 23.2 Å². The first-order valence-electron chi connectivity index (χ1n) is 10.8. The van der Waals surface area contributed by atoms with Crippen LogP contribution in [0.5, 0.6) is 5.75 Å². The zero-order chi connectivity index (χ0) is 26.6. The fourth-order valence-corrected chi connectivity index (χ4v) is 4.25. The van der Waals surface area contributed by atoms with E-state index < -0.39 is 17.6 Å². The van der Waals surface area contributed by atoms with Crippen molar-refractivity contribution in [3.8, 4) is 11.8 Å². The van der Waals surface area contributed by atoms with Crippen molar-refractivity contribution in [1.29, 1.82) is 5.26 Å². The first-order valence-corrected chi connectivity index (χ1v) is 11.6. The van der Waals surface area contributed by atoms with Gasteiger partial charge in [0.2, 0.25) is 0 Å². The molecule has 1 N–H and O–H groups in total. The van der Waals surface area contributed by atoms with Gasteiger partial charge >= 0.3 is 6.18 Å². The molecule has 0 aliphatic rings. The minimum Gasteiger partial charge on any atom is -0.487 e. The Morgan fingerprint density at radius 1 is 1.00 bits per heavy atom. The first-order chi connectivity index (χ1) is 17.7. The van der Waals surface area contributed by atoms with E-state index in [9.17, 15) is 23.2 Å². The minimum absolute atomic E-state index is 0.113. The molecule has 37 heavy (non-hydrogen) atoms. The lowest BCUT2D eigenvalue weighted by Gasteiger charge is -2.14. The predicted molar refractivity (Wildman–Crippen MR) is 138 cm³/mol. The van der Waals surface area contributed by atoms with Gasteiger partial charge in [-0.1, -0.05) is 71.7 Å². The zero-order valence-corrected chi connectivity index (χ0v) is 20.5. The van der Waals surface area contributed by atoms with E-state index in [4.69, 9.17) is 27.9 Å².